The molecule has 0 spiro atoms. The van der Waals surface area contributed by atoms with Crippen LogP contribution in [0.2, 0.25) is 0 Å². The Kier molecular flexibility index (Phi) is 7.62. The van der Waals surface area contributed by atoms with Gasteiger partial charge in [0.05, 0.1) is 9.82 Å². The molecule has 3 aromatic carbocycles. The molecule has 1 atom stereocenters. The number of rotatable bonds is 9. The van der Waals surface area contributed by atoms with Gasteiger partial charge in [-0.15, -0.1) is 0 Å². The van der Waals surface area contributed by atoms with Gasteiger partial charge in [0.1, 0.15) is 5.92 Å². The number of sulfonamides is 1. The van der Waals surface area contributed by atoms with Gasteiger partial charge in [0, 0.05) is 25.2 Å². The van der Waals surface area contributed by atoms with Crippen LogP contribution >= 0.6 is 0 Å². The average molecular weight is 484 g/mol. The van der Waals surface area contributed by atoms with E-state index in [0.717, 1.165) is 5.39 Å². The van der Waals surface area contributed by atoms with Crippen LogP contribution in [-0.4, -0.2) is 43.1 Å². The molecular formula is C24H25N3O6S. The van der Waals surface area contributed by atoms with Crippen molar-refractivity contribution in [2.45, 2.75) is 25.2 Å². The third-order valence-corrected chi connectivity index (χ3v) is 6.89. The van der Waals surface area contributed by atoms with E-state index in [-0.39, 0.29) is 17.0 Å². The number of benzene rings is 3. The quantitative estimate of drug-likeness (QED) is 0.283. The summed E-state index contributed by atoms with van der Waals surface area (Å²) in [5.41, 5.74) is 0.369. The van der Waals surface area contributed by atoms with E-state index in [4.69, 9.17) is 0 Å². The van der Waals surface area contributed by atoms with Crippen molar-refractivity contribution in [1.29, 1.82) is 0 Å². The minimum atomic E-state index is -4.24. The van der Waals surface area contributed by atoms with E-state index in [9.17, 15) is 28.1 Å². The van der Waals surface area contributed by atoms with E-state index in [1.165, 1.54) is 41.3 Å². The standard InChI is InChI=1S/C24H25N3O6S/c1-3-26(4-2)24(29)22(15-17-9-12-20(13-10-17)27(30)31)23(28)25-34(32,33)21-14-11-18-7-5-6-8-19(18)16-21/h5-14,16,22H,3-4,15H2,1-2H3,(H,25,28)/t22-/m1/s1. The van der Waals surface area contributed by atoms with E-state index in [1.54, 1.807) is 32.0 Å². The molecule has 2 amide bonds. The van der Waals surface area contributed by atoms with Gasteiger partial charge < -0.3 is 4.90 Å². The van der Waals surface area contributed by atoms with Crippen LogP contribution in [0.4, 0.5) is 5.69 Å². The van der Waals surface area contributed by atoms with Crippen molar-refractivity contribution in [2.75, 3.05) is 13.1 Å². The normalized spacial score (nSPS) is 12.2. The van der Waals surface area contributed by atoms with Gasteiger partial charge in [-0.25, -0.2) is 13.1 Å². The summed E-state index contributed by atoms with van der Waals surface area (Å²) in [7, 11) is -4.24. The molecule has 0 heterocycles. The molecule has 0 radical (unpaired) electrons. The number of nitrogens with zero attached hydrogens (tertiary/aromatic N) is 2. The number of amides is 2. The Morgan fingerprint density at radius 2 is 1.59 bits per heavy atom. The predicted molar refractivity (Wildman–Crippen MR) is 127 cm³/mol. The number of nitrogens with one attached hydrogen (secondary N) is 1. The van der Waals surface area contributed by atoms with Gasteiger partial charge in [-0.05, 0) is 48.7 Å². The van der Waals surface area contributed by atoms with Crippen LogP contribution in [0, 0.1) is 16.0 Å². The number of nitro groups is 1. The smallest absolute Gasteiger partial charge is 0.269 e. The first-order valence-electron chi connectivity index (χ1n) is 10.7. The van der Waals surface area contributed by atoms with Crippen molar-refractivity contribution in [2.24, 2.45) is 5.92 Å². The first kappa shape index (κ1) is 24.8. The lowest BCUT2D eigenvalue weighted by atomic mass is 9.97. The maximum Gasteiger partial charge on any atom is 0.269 e. The molecule has 9 nitrogen and oxygen atoms in total. The molecule has 0 aliphatic heterocycles. The molecule has 10 heteroatoms. The highest BCUT2D eigenvalue weighted by molar-refractivity contribution is 7.90. The Bertz CT molecular complexity index is 1320. The Morgan fingerprint density at radius 1 is 0.971 bits per heavy atom. The second-order valence-electron chi connectivity index (χ2n) is 7.67. The van der Waals surface area contributed by atoms with Crippen LogP contribution < -0.4 is 4.72 Å². The highest BCUT2D eigenvalue weighted by Gasteiger charge is 2.33. The molecule has 0 bridgehead atoms. The van der Waals surface area contributed by atoms with Crippen molar-refractivity contribution >= 4 is 38.3 Å². The van der Waals surface area contributed by atoms with Crippen LogP contribution in [0.15, 0.2) is 71.6 Å². The first-order valence-corrected chi connectivity index (χ1v) is 12.2. The maximum atomic E-state index is 13.1. The van der Waals surface area contributed by atoms with Crippen molar-refractivity contribution in [1.82, 2.24) is 9.62 Å². The van der Waals surface area contributed by atoms with Crippen LogP contribution in [0.25, 0.3) is 10.8 Å². The van der Waals surface area contributed by atoms with Crippen LogP contribution in [0.1, 0.15) is 19.4 Å². The third-order valence-electron chi connectivity index (χ3n) is 5.54. The fourth-order valence-electron chi connectivity index (χ4n) is 3.63. The van der Waals surface area contributed by atoms with Crippen LogP contribution in [-0.2, 0) is 26.0 Å². The lowest BCUT2D eigenvalue weighted by molar-refractivity contribution is -0.384. The van der Waals surface area contributed by atoms with E-state index < -0.39 is 32.7 Å². The van der Waals surface area contributed by atoms with Gasteiger partial charge in [-0.2, -0.15) is 0 Å². The molecule has 0 saturated carbocycles. The average Bonchev–Trinajstić information content (AvgIpc) is 2.82. The maximum absolute atomic E-state index is 13.1. The zero-order valence-corrected chi connectivity index (χ0v) is 19.6. The van der Waals surface area contributed by atoms with Crippen molar-refractivity contribution in [3.63, 3.8) is 0 Å². The van der Waals surface area contributed by atoms with Crippen molar-refractivity contribution in [3.8, 4) is 0 Å². The molecule has 3 aromatic rings. The Labute approximate surface area is 197 Å². The Hall–Kier alpha value is -3.79. The minimum absolute atomic E-state index is 0.0936. The summed E-state index contributed by atoms with van der Waals surface area (Å²) >= 11 is 0. The fraction of sp³-hybridized carbons (Fsp3) is 0.250. The Morgan fingerprint density at radius 3 is 2.18 bits per heavy atom. The Balaban J connectivity index is 1.89. The third kappa shape index (κ3) is 5.57. The zero-order valence-electron chi connectivity index (χ0n) is 18.8. The van der Waals surface area contributed by atoms with Gasteiger partial charge in [-0.1, -0.05) is 42.5 Å². The summed E-state index contributed by atoms with van der Waals surface area (Å²) in [6.45, 7) is 4.20. The summed E-state index contributed by atoms with van der Waals surface area (Å²) in [6, 6.07) is 17.2. The van der Waals surface area contributed by atoms with Gasteiger partial charge in [0.15, 0.2) is 0 Å². The number of hydrogen-bond acceptors (Lipinski definition) is 6. The molecule has 34 heavy (non-hydrogen) atoms. The van der Waals surface area contributed by atoms with E-state index in [0.29, 0.717) is 24.0 Å². The second kappa shape index (κ2) is 10.4. The molecule has 3 rings (SSSR count). The number of carbonyl (C=O) groups excluding carboxylic acids is 2. The first-order chi connectivity index (χ1) is 16.2. The van der Waals surface area contributed by atoms with E-state index >= 15 is 0 Å². The lowest BCUT2D eigenvalue weighted by Gasteiger charge is -2.24. The lowest BCUT2D eigenvalue weighted by Crippen LogP contribution is -2.46. The summed E-state index contributed by atoms with van der Waals surface area (Å²) in [5.74, 6) is -2.80. The van der Waals surface area contributed by atoms with Crippen LogP contribution in [0.5, 0.6) is 0 Å². The van der Waals surface area contributed by atoms with Crippen molar-refractivity contribution in [3.05, 3.63) is 82.4 Å². The SMILES string of the molecule is CCN(CC)C(=O)[C@H](Cc1ccc([N+](=O)[O-])cc1)C(=O)NS(=O)(=O)c1ccc2ccccc2c1. The highest BCUT2D eigenvalue weighted by atomic mass is 32.2. The van der Waals surface area contributed by atoms with Gasteiger partial charge in [-0.3, -0.25) is 19.7 Å². The summed E-state index contributed by atoms with van der Waals surface area (Å²) in [5, 5.41) is 12.4. The van der Waals surface area contributed by atoms with E-state index in [1.807, 2.05) is 16.9 Å². The number of carbonyl (C=O) groups is 2. The van der Waals surface area contributed by atoms with Crippen LogP contribution in [0.3, 0.4) is 0 Å². The summed E-state index contributed by atoms with van der Waals surface area (Å²) in [6.07, 6.45) is -0.105. The van der Waals surface area contributed by atoms with Crippen molar-refractivity contribution < 1.29 is 22.9 Å². The molecule has 0 fully saturated rings. The molecule has 0 unspecified atom stereocenters. The molecule has 0 aromatic heterocycles. The number of non-ortho nitro benzene ring substituents is 1. The van der Waals surface area contributed by atoms with E-state index in [2.05, 4.69) is 0 Å². The minimum Gasteiger partial charge on any atom is -0.343 e. The highest BCUT2D eigenvalue weighted by Crippen LogP contribution is 2.21. The zero-order chi connectivity index (χ0) is 24.9. The largest absolute Gasteiger partial charge is 0.343 e. The predicted octanol–water partition coefficient (Wildman–Crippen LogP) is 3.28. The molecule has 0 saturated heterocycles. The van der Waals surface area contributed by atoms with Gasteiger partial charge >= 0.3 is 0 Å². The summed E-state index contributed by atoms with van der Waals surface area (Å²) < 4.78 is 28.0. The number of fused-ring (bicyclic) bond motifs is 1. The number of nitro benzene ring substituents is 1. The molecule has 0 aliphatic carbocycles. The topological polar surface area (TPSA) is 127 Å². The molecular weight excluding hydrogens is 458 g/mol. The monoisotopic (exact) mass is 483 g/mol. The molecule has 0 aliphatic rings. The summed E-state index contributed by atoms with van der Waals surface area (Å²) in [4.78, 5) is 37.9. The fourth-order valence-corrected chi connectivity index (χ4v) is 4.69. The number of hydrogen-bond donors (Lipinski definition) is 1. The molecule has 178 valence electrons. The second-order valence-corrected chi connectivity index (χ2v) is 9.35. The van der Waals surface area contributed by atoms with Gasteiger partial charge in [0.2, 0.25) is 11.8 Å². The molecule has 1 N–H and O–H groups in total. The van der Waals surface area contributed by atoms with Gasteiger partial charge in [0.25, 0.3) is 15.7 Å².